The maximum absolute atomic E-state index is 13.4. The molecule has 1 aromatic heterocycles. The first-order valence-corrected chi connectivity index (χ1v) is 8.99. The third-order valence-corrected chi connectivity index (χ3v) is 4.92. The second-order valence-corrected chi connectivity index (χ2v) is 6.56. The van der Waals surface area contributed by atoms with Crippen LogP contribution in [0.3, 0.4) is 0 Å². The highest BCUT2D eigenvalue weighted by Gasteiger charge is 2.23. The second-order valence-electron chi connectivity index (χ2n) is 6.56. The fourth-order valence-corrected chi connectivity index (χ4v) is 3.67. The van der Waals surface area contributed by atoms with Gasteiger partial charge in [0, 0.05) is 35.9 Å². The zero-order chi connectivity index (χ0) is 17.9. The van der Waals surface area contributed by atoms with E-state index in [0.29, 0.717) is 12.5 Å². The highest BCUT2D eigenvalue weighted by atomic mass is 19.1. The molecular weight excluding hydrogens is 329 g/mol. The van der Waals surface area contributed by atoms with Gasteiger partial charge in [-0.1, -0.05) is 18.7 Å². The minimum atomic E-state index is -0.229. The molecule has 2 heterocycles. The molecule has 1 fully saturated rings. The average Bonchev–Trinajstić information content (AvgIpc) is 3.08. The molecule has 0 unspecified atom stereocenters. The van der Waals surface area contributed by atoms with Gasteiger partial charge >= 0.3 is 0 Å². The van der Waals surface area contributed by atoms with E-state index in [2.05, 4.69) is 23.3 Å². The standard InChI is InChI=1S/C22H22FNO2/c1-2-12-26-22-5-3-4-20-19(22)15-21(16-10-13-25-14-11-16)24(20)18-8-6-17(23)7-9-18/h2-9,15-16H,1,10-14H2. The Labute approximate surface area is 152 Å². The predicted molar refractivity (Wildman–Crippen MR) is 102 cm³/mol. The van der Waals surface area contributed by atoms with E-state index in [1.165, 1.54) is 17.8 Å². The van der Waals surface area contributed by atoms with Gasteiger partial charge in [0.15, 0.2) is 0 Å². The lowest BCUT2D eigenvalue weighted by molar-refractivity contribution is 0.0842. The lowest BCUT2D eigenvalue weighted by atomic mass is 9.96. The van der Waals surface area contributed by atoms with Crippen molar-refractivity contribution in [2.45, 2.75) is 18.8 Å². The zero-order valence-corrected chi connectivity index (χ0v) is 14.7. The molecule has 4 rings (SSSR count). The quantitative estimate of drug-likeness (QED) is 0.588. The van der Waals surface area contributed by atoms with E-state index >= 15 is 0 Å². The van der Waals surface area contributed by atoms with Gasteiger partial charge in [0.25, 0.3) is 0 Å². The minimum Gasteiger partial charge on any atom is -0.489 e. The SMILES string of the molecule is C=CCOc1cccc2c1cc(C1CCOCC1)n2-c1ccc(F)cc1. The van der Waals surface area contributed by atoms with Crippen molar-refractivity contribution in [3.05, 3.63) is 72.7 Å². The van der Waals surface area contributed by atoms with Crippen LogP contribution in [0, 0.1) is 5.82 Å². The second kappa shape index (κ2) is 7.34. The predicted octanol–water partition coefficient (Wildman–Crippen LogP) is 5.23. The molecule has 1 aliphatic rings. The molecule has 0 saturated carbocycles. The summed E-state index contributed by atoms with van der Waals surface area (Å²) in [6.07, 6.45) is 3.72. The number of fused-ring (bicyclic) bond motifs is 1. The van der Waals surface area contributed by atoms with Crippen LogP contribution < -0.4 is 4.74 Å². The zero-order valence-electron chi connectivity index (χ0n) is 14.7. The van der Waals surface area contributed by atoms with E-state index in [1.807, 2.05) is 24.3 Å². The van der Waals surface area contributed by atoms with E-state index in [-0.39, 0.29) is 5.82 Å². The molecule has 0 spiro atoms. The first-order chi connectivity index (χ1) is 12.8. The summed E-state index contributed by atoms with van der Waals surface area (Å²) in [7, 11) is 0. The van der Waals surface area contributed by atoms with Crippen molar-refractivity contribution in [1.29, 1.82) is 0 Å². The van der Waals surface area contributed by atoms with Gasteiger partial charge in [0.2, 0.25) is 0 Å². The van der Waals surface area contributed by atoms with Gasteiger partial charge in [0.1, 0.15) is 18.2 Å². The van der Waals surface area contributed by atoms with E-state index in [4.69, 9.17) is 9.47 Å². The van der Waals surface area contributed by atoms with Crippen LogP contribution in [0.4, 0.5) is 4.39 Å². The molecule has 0 amide bonds. The summed E-state index contributed by atoms with van der Waals surface area (Å²) in [5, 5.41) is 1.07. The van der Waals surface area contributed by atoms with Crippen LogP contribution in [-0.4, -0.2) is 24.4 Å². The molecule has 0 aliphatic carbocycles. The number of aromatic nitrogens is 1. The highest BCUT2D eigenvalue weighted by molar-refractivity contribution is 5.89. The van der Waals surface area contributed by atoms with Gasteiger partial charge < -0.3 is 14.0 Å². The van der Waals surface area contributed by atoms with Crippen LogP contribution in [0.5, 0.6) is 5.75 Å². The average molecular weight is 351 g/mol. The van der Waals surface area contributed by atoms with Gasteiger partial charge in [-0.2, -0.15) is 0 Å². The molecule has 1 saturated heterocycles. The smallest absolute Gasteiger partial charge is 0.129 e. The van der Waals surface area contributed by atoms with Crippen molar-refractivity contribution in [3.63, 3.8) is 0 Å². The monoisotopic (exact) mass is 351 g/mol. The summed E-state index contributed by atoms with van der Waals surface area (Å²) >= 11 is 0. The maximum Gasteiger partial charge on any atom is 0.129 e. The normalized spacial score (nSPS) is 15.3. The van der Waals surface area contributed by atoms with Gasteiger partial charge in [0.05, 0.1) is 5.52 Å². The summed E-state index contributed by atoms with van der Waals surface area (Å²) in [6, 6.07) is 14.9. The van der Waals surface area contributed by atoms with Gasteiger partial charge in [-0.25, -0.2) is 4.39 Å². The third-order valence-electron chi connectivity index (χ3n) is 4.92. The Bertz CT molecular complexity index is 908. The molecule has 26 heavy (non-hydrogen) atoms. The van der Waals surface area contributed by atoms with Gasteiger partial charge in [-0.15, -0.1) is 0 Å². The summed E-state index contributed by atoms with van der Waals surface area (Å²) in [5.41, 5.74) is 3.26. The molecule has 1 aliphatic heterocycles. The van der Waals surface area contributed by atoms with Gasteiger partial charge in [-0.05, 0) is 55.3 Å². The third kappa shape index (κ3) is 3.13. The molecule has 0 atom stereocenters. The summed E-state index contributed by atoms with van der Waals surface area (Å²) in [6.45, 7) is 5.74. The molecule has 0 radical (unpaired) electrons. The van der Waals surface area contributed by atoms with Gasteiger partial charge in [-0.3, -0.25) is 0 Å². The highest BCUT2D eigenvalue weighted by Crippen LogP contribution is 2.37. The van der Waals surface area contributed by atoms with E-state index in [9.17, 15) is 4.39 Å². The maximum atomic E-state index is 13.4. The fourth-order valence-electron chi connectivity index (χ4n) is 3.67. The van der Waals surface area contributed by atoms with E-state index < -0.39 is 0 Å². The summed E-state index contributed by atoms with van der Waals surface area (Å²) in [5.74, 6) is 1.03. The van der Waals surface area contributed by atoms with Crippen LogP contribution in [0.2, 0.25) is 0 Å². The van der Waals surface area contributed by atoms with Crippen LogP contribution in [0.15, 0.2) is 61.2 Å². The molecular formula is C22H22FNO2. The largest absolute Gasteiger partial charge is 0.489 e. The van der Waals surface area contributed by atoms with Crippen molar-refractivity contribution in [2.24, 2.45) is 0 Å². The molecule has 0 N–H and O–H groups in total. The summed E-state index contributed by atoms with van der Waals surface area (Å²) in [4.78, 5) is 0. The lowest BCUT2D eigenvalue weighted by Gasteiger charge is -2.24. The number of halogens is 1. The number of hydrogen-bond donors (Lipinski definition) is 0. The van der Waals surface area contributed by atoms with Crippen molar-refractivity contribution in [3.8, 4) is 11.4 Å². The Morgan fingerprint density at radius 2 is 1.92 bits per heavy atom. The van der Waals surface area contributed by atoms with Crippen LogP contribution >= 0.6 is 0 Å². The van der Waals surface area contributed by atoms with Crippen molar-refractivity contribution in [2.75, 3.05) is 19.8 Å². The Morgan fingerprint density at radius 1 is 1.15 bits per heavy atom. The molecule has 134 valence electrons. The number of ether oxygens (including phenoxy) is 2. The lowest BCUT2D eigenvalue weighted by Crippen LogP contribution is -2.16. The molecule has 0 bridgehead atoms. The minimum absolute atomic E-state index is 0.229. The molecule has 3 aromatic rings. The van der Waals surface area contributed by atoms with Crippen LogP contribution in [0.25, 0.3) is 16.6 Å². The fraction of sp³-hybridized carbons (Fsp3) is 0.273. The molecule has 2 aromatic carbocycles. The number of nitrogens with zero attached hydrogens (tertiary/aromatic N) is 1. The molecule has 3 nitrogen and oxygen atoms in total. The number of rotatable bonds is 5. The van der Waals surface area contributed by atoms with Crippen molar-refractivity contribution in [1.82, 2.24) is 4.57 Å². The topological polar surface area (TPSA) is 23.4 Å². The van der Waals surface area contributed by atoms with Crippen molar-refractivity contribution >= 4 is 10.9 Å². The Hall–Kier alpha value is -2.59. The van der Waals surface area contributed by atoms with Crippen LogP contribution in [0.1, 0.15) is 24.5 Å². The summed E-state index contributed by atoms with van der Waals surface area (Å²) < 4.78 is 27.1. The first-order valence-electron chi connectivity index (χ1n) is 8.99. The van der Waals surface area contributed by atoms with E-state index in [0.717, 1.165) is 48.4 Å². The van der Waals surface area contributed by atoms with E-state index in [1.54, 1.807) is 6.08 Å². The Morgan fingerprint density at radius 3 is 2.65 bits per heavy atom. The van der Waals surface area contributed by atoms with Crippen molar-refractivity contribution < 1.29 is 13.9 Å². The number of benzene rings is 2. The first kappa shape index (κ1) is 16.9. The number of hydrogen-bond acceptors (Lipinski definition) is 2. The Kier molecular flexibility index (Phi) is 4.76. The molecule has 4 heteroatoms. The van der Waals surface area contributed by atoms with Crippen LogP contribution in [-0.2, 0) is 4.74 Å². The Balaban J connectivity index is 1.90.